The molecule has 0 aliphatic heterocycles. The molecule has 7 heteroatoms. The van der Waals surface area contributed by atoms with E-state index in [1.807, 2.05) is 13.8 Å². The van der Waals surface area contributed by atoms with Crippen molar-refractivity contribution in [2.75, 3.05) is 5.75 Å². The molecule has 2 N–H and O–H groups in total. The second kappa shape index (κ2) is 5.68. The molecule has 1 heterocycles. The standard InChI is InChI=1S/C10H15N5OS/c1-7(2)10(3,5-11)14-8(16)4-17-9-12-6-13-15-9/h6-7H,4H2,1-3H3,(H,14,16)(H,12,13,15)/t10-/m1/s1. The van der Waals surface area contributed by atoms with Crippen LogP contribution < -0.4 is 5.32 Å². The van der Waals surface area contributed by atoms with Crippen molar-refractivity contribution in [3.63, 3.8) is 0 Å². The number of H-pyrrole nitrogens is 1. The summed E-state index contributed by atoms with van der Waals surface area (Å²) < 4.78 is 0. The van der Waals surface area contributed by atoms with Gasteiger partial charge in [0.05, 0.1) is 11.8 Å². The van der Waals surface area contributed by atoms with Gasteiger partial charge in [0.1, 0.15) is 11.9 Å². The van der Waals surface area contributed by atoms with Crippen LogP contribution in [0.4, 0.5) is 0 Å². The molecule has 6 nitrogen and oxygen atoms in total. The third-order valence-electron chi connectivity index (χ3n) is 2.52. The molecule has 0 saturated heterocycles. The van der Waals surface area contributed by atoms with Crippen LogP contribution >= 0.6 is 11.8 Å². The minimum atomic E-state index is -0.834. The van der Waals surface area contributed by atoms with Gasteiger partial charge in [-0.2, -0.15) is 10.4 Å². The van der Waals surface area contributed by atoms with Crippen LogP contribution in [0.2, 0.25) is 0 Å². The minimum Gasteiger partial charge on any atom is -0.337 e. The first-order valence-corrected chi connectivity index (χ1v) is 6.17. The average Bonchev–Trinajstić information content (AvgIpc) is 2.78. The molecule has 1 amide bonds. The average molecular weight is 253 g/mol. The first kappa shape index (κ1) is 13.5. The number of aromatic nitrogens is 3. The Morgan fingerprint density at radius 2 is 2.47 bits per heavy atom. The van der Waals surface area contributed by atoms with Crippen molar-refractivity contribution in [3.8, 4) is 6.07 Å². The molecule has 0 spiro atoms. The van der Waals surface area contributed by atoms with Gasteiger partial charge in [-0.05, 0) is 12.8 Å². The van der Waals surface area contributed by atoms with E-state index < -0.39 is 5.54 Å². The third kappa shape index (κ3) is 3.75. The zero-order chi connectivity index (χ0) is 12.9. The maximum Gasteiger partial charge on any atom is 0.231 e. The van der Waals surface area contributed by atoms with Gasteiger partial charge >= 0.3 is 0 Å². The molecule has 17 heavy (non-hydrogen) atoms. The van der Waals surface area contributed by atoms with Crippen LogP contribution in [0, 0.1) is 17.2 Å². The molecule has 0 aromatic carbocycles. The summed E-state index contributed by atoms with van der Waals surface area (Å²) in [6, 6.07) is 2.12. The summed E-state index contributed by atoms with van der Waals surface area (Å²) in [5.41, 5.74) is -0.834. The van der Waals surface area contributed by atoms with E-state index in [0.717, 1.165) is 0 Å². The number of amides is 1. The predicted molar refractivity (Wildman–Crippen MR) is 64.1 cm³/mol. The maximum absolute atomic E-state index is 11.7. The second-order valence-corrected chi connectivity index (χ2v) is 5.06. The van der Waals surface area contributed by atoms with Crippen LogP contribution in [0.3, 0.4) is 0 Å². The lowest BCUT2D eigenvalue weighted by atomic mass is 9.90. The minimum absolute atomic E-state index is 0.0479. The fourth-order valence-electron chi connectivity index (χ4n) is 1.02. The molecule has 0 aliphatic carbocycles. The van der Waals surface area contributed by atoms with E-state index in [0.29, 0.717) is 5.16 Å². The Morgan fingerprint density at radius 3 is 2.94 bits per heavy atom. The molecule has 1 rings (SSSR count). The zero-order valence-electron chi connectivity index (χ0n) is 10.0. The van der Waals surface area contributed by atoms with E-state index in [1.54, 1.807) is 6.92 Å². The Labute approximate surface area is 104 Å². The van der Waals surface area contributed by atoms with Crippen LogP contribution in [0.5, 0.6) is 0 Å². The number of aromatic amines is 1. The highest BCUT2D eigenvalue weighted by Crippen LogP contribution is 2.16. The number of nitrogens with one attached hydrogen (secondary N) is 2. The van der Waals surface area contributed by atoms with Crippen LogP contribution in [0.1, 0.15) is 20.8 Å². The molecule has 0 fully saturated rings. The van der Waals surface area contributed by atoms with Crippen molar-refractivity contribution < 1.29 is 4.79 Å². The molecule has 0 radical (unpaired) electrons. The number of rotatable bonds is 5. The molecule has 92 valence electrons. The summed E-state index contributed by atoms with van der Waals surface area (Å²) >= 11 is 1.25. The molecule has 1 atom stereocenters. The summed E-state index contributed by atoms with van der Waals surface area (Å²) in [4.78, 5) is 15.6. The van der Waals surface area contributed by atoms with E-state index >= 15 is 0 Å². The van der Waals surface area contributed by atoms with Crippen LogP contribution in [-0.2, 0) is 4.79 Å². The lowest BCUT2D eigenvalue weighted by Gasteiger charge is -2.27. The van der Waals surface area contributed by atoms with E-state index in [9.17, 15) is 4.79 Å². The van der Waals surface area contributed by atoms with Gasteiger partial charge in [-0.1, -0.05) is 25.6 Å². The third-order valence-corrected chi connectivity index (χ3v) is 3.40. The first-order valence-electron chi connectivity index (χ1n) is 5.18. The van der Waals surface area contributed by atoms with Gasteiger partial charge in [-0.3, -0.25) is 9.89 Å². The van der Waals surface area contributed by atoms with Gasteiger partial charge in [0.15, 0.2) is 5.16 Å². The smallest absolute Gasteiger partial charge is 0.231 e. The van der Waals surface area contributed by atoms with E-state index in [2.05, 4.69) is 26.6 Å². The van der Waals surface area contributed by atoms with Crippen molar-refractivity contribution in [1.29, 1.82) is 5.26 Å². The van der Waals surface area contributed by atoms with Crippen LogP contribution in [0.15, 0.2) is 11.5 Å². The fourth-order valence-corrected chi connectivity index (χ4v) is 1.60. The van der Waals surface area contributed by atoms with E-state index in [4.69, 9.17) is 5.26 Å². The Morgan fingerprint density at radius 1 is 1.76 bits per heavy atom. The number of hydrogen-bond acceptors (Lipinski definition) is 5. The normalized spacial score (nSPS) is 14.1. The number of nitriles is 1. The maximum atomic E-state index is 11.7. The number of carbonyl (C=O) groups is 1. The van der Waals surface area contributed by atoms with Gasteiger partial charge in [0.2, 0.25) is 5.91 Å². The van der Waals surface area contributed by atoms with Crippen molar-refractivity contribution in [1.82, 2.24) is 20.5 Å². The summed E-state index contributed by atoms with van der Waals surface area (Å²) in [7, 11) is 0. The van der Waals surface area contributed by atoms with Gasteiger partial charge in [0, 0.05) is 0 Å². The second-order valence-electron chi connectivity index (χ2n) is 4.10. The molecule has 0 bridgehead atoms. The highest BCUT2D eigenvalue weighted by Gasteiger charge is 2.29. The summed E-state index contributed by atoms with van der Waals surface area (Å²) in [5, 5.41) is 18.7. The SMILES string of the molecule is CC(C)[C@@](C)(C#N)NC(=O)CSc1ncn[nH]1. The van der Waals surface area contributed by atoms with Gasteiger partial charge in [-0.25, -0.2) is 4.98 Å². The highest BCUT2D eigenvalue weighted by atomic mass is 32.2. The molecular formula is C10H15N5OS. The molecule has 0 unspecified atom stereocenters. The lowest BCUT2D eigenvalue weighted by molar-refractivity contribution is -0.120. The molecule has 1 aromatic heterocycles. The fraction of sp³-hybridized carbons (Fsp3) is 0.600. The van der Waals surface area contributed by atoms with Gasteiger partial charge in [-0.15, -0.1) is 0 Å². The monoisotopic (exact) mass is 253 g/mol. The van der Waals surface area contributed by atoms with Crippen molar-refractivity contribution in [2.45, 2.75) is 31.5 Å². The molecule has 1 aromatic rings. The summed E-state index contributed by atoms with van der Waals surface area (Å²) in [6.07, 6.45) is 1.38. The summed E-state index contributed by atoms with van der Waals surface area (Å²) in [5.74, 6) is 0.0648. The predicted octanol–water partition coefficient (Wildman–Crippen LogP) is 0.951. The van der Waals surface area contributed by atoms with Crippen molar-refractivity contribution in [2.24, 2.45) is 5.92 Å². The number of thioether (sulfide) groups is 1. The Hall–Kier alpha value is -1.55. The Kier molecular flexibility index (Phi) is 4.52. The highest BCUT2D eigenvalue weighted by molar-refractivity contribution is 7.99. The summed E-state index contributed by atoms with van der Waals surface area (Å²) in [6.45, 7) is 5.51. The van der Waals surface area contributed by atoms with Gasteiger partial charge in [0.25, 0.3) is 0 Å². The van der Waals surface area contributed by atoms with E-state index in [-0.39, 0.29) is 17.6 Å². The van der Waals surface area contributed by atoms with Crippen LogP contribution in [-0.4, -0.2) is 32.4 Å². The number of hydrogen-bond donors (Lipinski definition) is 2. The molecule has 0 saturated carbocycles. The van der Waals surface area contributed by atoms with Gasteiger partial charge < -0.3 is 5.32 Å². The first-order chi connectivity index (χ1) is 7.98. The Bertz CT molecular complexity index is 411. The largest absolute Gasteiger partial charge is 0.337 e. The van der Waals surface area contributed by atoms with Crippen molar-refractivity contribution >= 4 is 17.7 Å². The number of nitrogens with zero attached hydrogens (tertiary/aromatic N) is 3. The quantitative estimate of drug-likeness (QED) is 0.762. The molecular weight excluding hydrogens is 238 g/mol. The van der Waals surface area contributed by atoms with Crippen molar-refractivity contribution in [3.05, 3.63) is 6.33 Å². The zero-order valence-corrected chi connectivity index (χ0v) is 10.8. The van der Waals surface area contributed by atoms with Crippen LogP contribution in [0.25, 0.3) is 0 Å². The van der Waals surface area contributed by atoms with E-state index in [1.165, 1.54) is 18.1 Å². The topological polar surface area (TPSA) is 94.5 Å². The lowest BCUT2D eigenvalue weighted by Crippen LogP contribution is -2.49. The number of carbonyl (C=O) groups excluding carboxylic acids is 1. The molecule has 0 aliphatic rings. The Balaban J connectivity index is 2.47.